The Hall–Kier alpha value is -2.43. The molecule has 0 spiro atoms. The number of hydrogen-bond acceptors (Lipinski definition) is 3. The van der Waals surface area contributed by atoms with Crippen molar-refractivity contribution in [2.24, 2.45) is 17.3 Å². The maximum absolute atomic E-state index is 12.8. The molecule has 2 unspecified atom stereocenters. The molecule has 1 aliphatic carbocycles. The van der Waals surface area contributed by atoms with Gasteiger partial charge in [0.1, 0.15) is 0 Å². The molecule has 124 valence electrons. The molecule has 2 atom stereocenters. The smallest absolute Gasteiger partial charge is 0.278 e. The van der Waals surface area contributed by atoms with Crippen LogP contribution < -0.4 is 5.43 Å². The van der Waals surface area contributed by atoms with E-state index in [-0.39, 0.29) is 17.0 Å². The summed E-state index contributed by atoms with van der Waals surface area (Å²) in [5, 5.41) is 4.38. The van der Waals surface area contributed by atoms with Crippen LogP contribution in [-0.4, -0.2) is 33.7 Å². The highest BCUT2D eigenvalue weighted by Gasteiger charge is 2.62. The number of para-hydroxylation sites is 1. The third-order valence-electron chi connectivity index (χ3n) is 5.72. The number of amides is 1. The van der Waals surface area contributed by atoms with Gasteiger partial charge in [-0.2, -0.15) is 5.10 Å². The van der Waals surface area contributed by atoms with E-state index in [0.29, 0.717) is 22.9 Å². The average molecular weight is 323 g/mol. The van der Waals surface area contributed by atoms with Crippen molar-refractivity contribution in [1.29, 1.82) is 0 Å². The Morgan fingerprint density at radius 1 is 1.17 bits per heavy atom. The van der Waals surface area contributed by atoms with Gasteiger partial charge in [0.2, 0.25) is 5.43 Å². The van der Waals surface area contributed by atoms with Crippen LogP contribution in [0.4, 0.5) is 0 Å². The molecule has 0 N–H and O–H groups in total. The van der Waals surface area contributed by atoms with Crippen molar-refractivity contribution in [1.82, 2.24) is 14.7 Å². The van der Waals surface area contributed by atoms with Crippen LogP contribution in [0.25, 0.3) is 5.69 Å². The summed E-state index contributed by atoms with van der Waals surface area (Å²) in [5.41, 5.74) is 1.61. The van der Waals surface area contributed by atoms with E-state index in [1.165, 1.54) is 6.07 Å². The van der Waals surface area contributed by atoms with Gasteiger partial charge in [-0.15, -0.1) is 0 Å². The minimum atomic E-state index is -0.301. The lowest BCUT2D eigenvalue weighted by Crippen LogP contribution is -2.37. The van der Waals surface area contributed by atoms with Crippen LogP contribution in [0.1, 0.15) is 30.0 Å². The number of hydrogen-bond donors (Lipinski definition) is 0. The number of fused-ring (bicyclic) bond motifs is 1. The summed E-state index contributed by atoms with van der Waals surface area (Å²) >= 11 is 0. The second-order valence-electron chi connectivity index (χ2n) is 7.49. The molecule has 2 aromatic rings. The molecule has 0 radical (unpaired) electrons. The highest BCUT2D eigenvalue weighted by atomic mass is 16.2. The molecule has 1 amide bonds. The first-order chi connectivity index (χ1) is 11.4. The summed E-state index contributed by atoms with van der Waals surface area (Å²) in [5.74, 6) is 0.874. The number of carbonyl (C=O) groups excluding carboxylic acids is 1. The Balaban J connectivity index is 1.66. The normalized spacial score (nSPS) is 23.9. The van der Waals surface area contributed by atoms with Crippen molar-refractivity contribution >= 4 is 5.91 Å². The van der Waals surface area contributed by atoms with Crippen LogP contribution >= 0.6 is 0 Å². The number of nitrogens with zero attached hydrogens (tertiary/aromatic N) is 3. The zero-order valence-electron chi connectivity index (χ0n) is 14.2. The van der Waals surface area contributed by atoms with E-state index in [4.69, 9.17) is 0 Å². The first kappa shape index (κ1) is 15.1. The van der Waals surface area contributed by atoms with Crippen LogP contribution in [0, 0.1) is 24.2 Å². The van der Waals surface area contributed by atoms with Gasteiger partial charge in [-0.1, -0.05) is 32.0 Å². The number of benzene rings is 1. The topological polar surface area (TPSA) is 55.2 Å². The third kappa shape index (κ3) is 2.19. The summed E-state index contributed by atoms with van der Waals surface area (Å²) in [6.45, 7) is 7.78. The molecular formula is C19H21N3O2. The summed E-state index contributed by atoms with van der Waals surface area (Å²) in [6, 6.07) is 11.1. The molecule has 24 heavy (non-hydrogen) atoms. The Morgan fingerprint density at radius 2 is 1.79 bits per heavy atom. The molecule has 2 fully saturated rings. The first-order valence-electron chi connectivity index (χ1n) is 8.35. The molecule has 1 aromatic carbocycles. The van der Waals surface area contributed by atoms with Crippen molar-refractivity contribution in [2.75, 3.05) is 13.1 Å². The van der Waals surface area contributed by atoms with Gasteiger partial charge >= 0.3 is 0 Å². The molecule has 5 heteroatoms. The van der Waals surface area contributed by atoms with Gasteiger partial charge in [0.25, 0.3) is 5.91 Å². The SMILES string of the molecule is Cc1cc(=O)c(C(=O)N2CC3C(C2)C3(C)C)nn1-c1ccccc1. The molecule has 0 bridgehead atoms. The number of aromatic nitrogens is 2. The van der Waals surface area contributed by atoms with Gasteiger partial charge in [0.15, 0.2) is 5.69 Å². The average Bonchev–Trinajstić information content (AvgIpc) is 2.92. The Labute approximate surface area is 140 Å². The third-order valence-corrected chi connectivity index (χ3v) is 5.72. The maximum atomic E-state index is 12.8. The van der Waals surface area contributed by atoms with Gasteiger partial charge in [0, 0.05) is 24.8 Å². The van der Waals surface area contributed by atoms with Crippen LogP contribution in [0.15, 0.2) is 41.2 Å². The lowest BCUT2D eigenvalue weighted by molar-refractivity contribution is 0.0748. The van der Waals surface area contributed by atoms with Crippen LogP contribution in [0.3, 0.4) is 0 Å². The molecule has 5 nitrogen and oxygen atoms in total. The molecule has 2 aliphatic rings. The fourth-order valence-corrected chi connectivity index (χ4v) is 3.97. The highest BCUT2D eigenvalue weighted by molar-refractivity contribution is 5.92. The standard InChI is InChI=1S/C19H21N3O2/c1-12-9-16(23)17(20-22(12)13-7-5-4-6-8-13)18(24)21-10-14-15(11-21)19(14,2)3/h4-9,14-15H,10-11H2,1-3H3. The van der Waals surface area contributed by atoms with Crippen LogP contribution in [0.2, 0.25) is 0 Å². The molecule has 1 aliphatic heterocycles. The molecule has 1 saturated heterocycles. The fraction of sp³-hybridized carbons (Fsp3) is 0.421. The molecular weight excluding hydrogens is 302 g/mol. The largest absolute Gasteiger partial charge is 0.337 e. The second-order valence-corrected chi connectivity index (χ2v) is 7.49. The molecule has 1 saturated carbocycles. The van der Waals surface area contributed by atoms with Crippen molar-refractivity contribution < 1.29 is 4.79 Å². The zero-order valence-corrected chi connectivity index (χ0v) is 14.2. The summed E-state index contributed by atoms with van der Waals surface area (Å²) in [7, 11) is 0. The van der Waals surface area contributed by atoms with Gasteiger partial charge in [-0.25, -0.2) is 4.68 Å². The number of likely N-dealkylation sites (tertiary alicyclic amines) is 1. The monoisotopic (exact) mass is 323 g/mol. The van der Waals surface area contributed by atoms with Gasteiger partial charge in [0.05, 0.1) is 5.69 Å². The van der Waals surface area contributed by atoms with E-state index < -0.39 is 0 Å². The summed E-state index contributed by atoms with van der Waals surface area (Å²) < 4.78 is 1.66. The molecule has 1 aromatic heterocycles. The van der Waals surface area contributed by atoms with Crippen molar-refractivity contribution in [2.45, 2.75) is 20.8 Å². The van der Waals surface area contributed by atoms with Crippen molar-refractivity contribution in [3.05, 3.63) is 58.0 Å². The first-order valence-corrected chi connectivity index (χ1v) is 8.35. The number of rotatable bonds is 2. The van der Waals surface area contributed by atoms with Gasteiger partial charge in [-0.05, 0) is 36.3 Å². The van der Waals surface area contributed by atoms with E-state index >= 15 is 0 Å². The van der Waals surface area contributed by atoms with Crippen molar-refractivity contribution in [3.63, 3.8) is 0 Å². The Morgan fingerprint density at radius 3 is 2.42 bits per heavy atom. The quantitative estimate of drug-likeness (QED) is 0.852. The van der Waals surface area contributed by atoms with Crippen molar-refractivity contribution in [3.8, 4) is 5.69 Å². The van der Waals surface area contributed by atoms with E-state index in [0.717, 1.165) is 18.8 Å². The highest BCUT2D eigenvalue weighted by Crippen LogP contribution is 2.61. The lowest BCUT2D eigenvalue weighted by atomic mass is 10.1. The van der Waals surface area contributed by atoms with Crippen LogP contribution in [0.5, 0.6) is 0 Å². The predicted molar refractivity (Wildman–Crippen MR) is 91.2 cm³/mol. The van der Waals surface area contributed by atoms with E-state index in [1.54, 1.807) is 9.58 Å². The summed E-state index contributed by atoms with van der Waals surface area (Å²) in [6.07, 6.45) is 0. The fourth-order valence-electron chi connectivity index (χ4n) is 3.97. The summed E-state index contributed by atoms with van der Waals surface area (Å²) in [4.78, 5) is 26.9. The molecule has 2 heterocycles. The van der Waals surface area contributed by atoms with Gasteiger partial charge < -0.3 is 4.90 Å². The van der Waals surface area contributed by atoms with Crippen LogP contribution in [-0.2, 0) is 0 Å². The maximum Gasteiger partial charge on any atom is 0.278 e. The number of piperidine rings is 1. The lowest BCUT2D eigenvalue weighted by Gasteiger charge is -2.22. The Bertz CT molecular complexity index is 856. The van der Waals surface area contributed by atoms with E-state index in [1.807, 2.05) is 37.3 Å². The predicted octanol–water partition coefficient (Wildman–Crippen LogP) is 2.27. The van der Waals surface area contributed by atoms with E-state index in [9.17, 15) is 9.59 Å². The Kier molecular flexibility index (Phi) is 3.17. The van der Waals surface area contributed by atoms with E-state index in [2.05, 4.69) is 18.9 Å². The minimum absolute atomic E-state index is 0.0172. The van der Waals surface area contributed by atoms with Gasteiger partial charge in [-0.3, -0.25) is 9.59 Å². The minimum Gasteiger partial charge on any atom is -0.337 e. The number of aryl methyl sites for hydroxylation is 1. The molecule has 4 rings (SSSR count). The number of carbonyl (C=O) groups is 1. The second kappa shape index (κ2) is 5.03. The zero-order chi connectivity index (χ0) is 17.1.